The predicted molar refractivity (Wildman–Crippen MR) is 98.5 cm³/mol. The normalized spacial score (nSPS) is 26.1. The van der Waals surface area contributed by atoms with Gasteiger partial charge in [0.2, 0.25) is 5.78 Å². The first-order valence-corrected chi connectivity index (χ1v) is 9.42. The van der Waals surface area contributed by atoms with Gasteiger partial charge in [0, 0.05) is 4.47 Å². The molecule has 1 saturated heterocycles. The van der Waals surface area contributed by atoms with Gasteiger partial charge in [-0.1, -0.05) is 34.1 Å². The number of halogens is 4. The maximum atomic E-state index is 13.3. The third kappa shape index (κ3) is 3.51. The van der Waals surface area contributed by atoms with Crippen LogP contribution in [-0.4, -0.2) is 22.2 Å². The first kappa shape index (κ1) is 19.3. The Labute approximate surface area is 164 Å². The van der Waals surface area contributed by atoms with Crippen LogP contribution in [0.25, 0.3) is 0 Å². The molecule has 3 N–H and O–H groups in total. The Morgan fingerprint density at radius 3 is 2.46 bits per heavy atom. The molecule has 1 fully saturated rings. The van der Waals surface area contributed by atoms with Crippen molar-refractivity contribution in [2.24, 2.45) is 5.92 Å². The molecule has 10 heteroatoms. The largest absolute Gasteiger partial charge is 0.450 e. The van der Waals surface area contributed by atoms with Gasteiger partial charge in [-0.15, -0.1) is 11.3 Å². The van der Waals surface area contributed by atoms with Crippen LogP contribution < -0.4 is 10.6 Å². The lowest BCUT2D eigenvalue weighted by Gasteiger charge is -2.45. The lowest BCUT2D eigenvalue weighted by molar-refractivity contribution is -0.189. The van der Waals surface area contributed by atoms with Crippen molar-refractivity contribution in [2.45, 2.75) is 17.9 Å². The van der Waals surface area contributed by atoms with Gasteiger partial charge in [0.1, 0.15) is 5.92 Å². The van der Waals surface area contributed by atoms with Crippen LogP contribution in [0.4, 0.5) is 13.2 Å². The molecular formula is C16H12BrF3N2O2S2. The maximum absolute atomic E-state index is 13.3. The molecule has 3 rings (SSSR count). The molecule has 26 heavy (non-hydrogen) atoms. The molecule has 3 atom stereocenters. The summed E-state index contributed by atoms with van der Waals surface area (Å²) < 4.78 is 40.7. The number of aliphatic hydroxyl groups is 1. The molecular weight excluding hydrogens is 453 g/mol. The number of rotatable bonds is 3. The lowest BCUT2D eigenvalue weighted by Crippen LogP contribution is -2.66. The van der Waals surface area contributed by atoms with E-state index in [2.05, 4.69) is 26.6 Å². The van der Waals surface area contributed by atoms with Crippen LogP contribution in [-0.2, 0) is 10.5 Å². The topological polar surface area (TPSA) is 61.4 Å². The van der Waals surface area contributed by atoms with Crippen molar-refractivity contribution in [3.8, 4) is 0 Å². The molecule has 4 nitrogen and oxygen atoms in total. The number of alkyl halides is 3. The molecule has 0 amide bonds. The van der Waals surface area contributed by atoms with E-state index in [9.17, 15) is 23.1 Å². The smallest absolute Gasteiger partial charge is 0.366 e. The Bertz CT molecular complexity index is 827. The van der Waals surface area contributed by atoms with Crippen LogP contribution in [0, 0.1) is 5.92 Å². The second kappa shape index (κ2) is 6.91. The molecule has 138 valence electrons. The minimum atomic E-state index is -5.12. The SMILES string of the molecule is O=C([C@@H]1[C@H](c2ccc(Br)cc2)NC(=S)N[C@@]1(O)c1cccs1)C(F)(F)F. The van der Waals surface area contributed by atoms with Gasteiger partial charge in [-0.05, 0) is 41.4 Å². The number of thiophene rings is 1. The molecule has 1 aromatic carbocycles. The van der Waals surface area contributed by atoms with Crippen LogP contribution in [0.5, 0.6) is 0 Å². The van der Waals surface area contributed by atoms with Gasteiger partial charge < -0.3 is 15.7 Å². The van der Waals surface area contributed by atoms with Crippen LogP contribution in [0.3, 0.4) is 0 Å². The van der Waals surface area contributed by atoms with Crippen molar-refractivity contribution >= 4 is 50.4 Å². The Balaban J connectivity index is 2.16. The molecule has 2 aromatic rings. The zero-order chi connectivity index (χ0) is 19.1. The number of hydrogen-bond donors (Lipinski definition) is 3. The predicted octanol–water partition coefficient (Wildman–Crippen LogP) is 3.62. The van der Waals surface area contributed by atoms with Crippen molar-refractivity contribution in [1.29, 1.82) is 0 Å². The first-order chi connectivity index (χ1) is 12.1. The highest BCUT2D eigenvalue weighted by atomic mass is 79.9. The third-order valence-electron chi connectivity index (χ3n) is 4.06. The average molecular weight is 465 g/mol. The van der Waals surface area contributed by atoms with Crippen molar-refractivity contribution in [3.63, 3.8) is 0 Å². The van der Waals surface area contributed by atoms with Crippen LogP contribution in [0.1, 0.15) is 16.5 Å². The summed E-state index contributed by atoms with van der Waals surface area (Å²) in [6.45, 7) is 0. The van der Waals surface area contributed by atoms with Crippen molar-refractivity contribution in [2.75, 3.05) is 0 Å². The number of nitrogens with one attached hydrogen (secondary N) is 2. The average Bonchev–Trinajstić information content (AvgIpc) is 3.08. The minimum Gasteiger partial charge on any atom is -0.366 e. The van der Waals surface area contributed by atoms with Gasteiger partial charge in [0.15, 0.2) is 10.8 Å². The monoisotopic (exact) mass is 464 g/mol. The number of ketones is 1. The Morgan fingerprint density at radius 1 is 1.27 bits per heavy atom. The van der Waals surface area contributed by atoms with E-state index in [1.165, 1.54) is 6.07 Å². The second-order valence-corrected chi connectivity index (χ2v) is 7.98. The van der Waals surface area contributed by atoms with E-state index in [4.69, 9.17) is 12.2 Å². The van der Waals surface area contributed by atoms with Crippen LogP contribution in [0.2, 0.25) is 0 Å². The number of hydrogen-bond acceptors (Lipinski definition) is 4. The summed E-state index contributed by atoms with van der Waals surface area (Å²) in [5.74, 6) is -3.90. The third-order valence-corrected chi connectivity index (χ3v) is 5.80. The van der Waals surface area contributed by atoms with E-state index in [1.807, 2.05) is 0 Å². The molecule has 0 spiro atoms. The van der Waals surface area contributed by atoms with Crippen molar-refractivity contribution in [3.05, 3.63) is 56.7 Å². The van der Waals surface area contributed by atoms with Crippen molar-refractivity contribution < 1.29 is 23.1 Å². The van der Waals surface area contributed by atoms with E-state index < -0.39 is 29.6 Å². The maximum Gasteiger partial charge on any atom is 0.450 e. The van der Waals surface area contributed by atoms with Gasteiger partial charge in [0.25, 0.3) is 0 Å². The summed E-state index contributed by atoms with van der Waals surface area (Å²) in [7, 11) is 0. The molecule has 0 bridgehead atoms. The Hall–Kier alpha value is -1.49. The quantitative estimate of drug-likeness (QED) is 0.605. The summed E-state index contributed by atoms with van der Waals surface area (Å²) in [6.07, 6.45) is -5.12. The van der Waals surface area contributed by atoms with Gasteiger partial charge in [-0.2, -0.15) is 13.2 Å². The Kier molecular flexibility index (Phi) is 5.13. The van der Waals surface area contributed by atoms with Crippen LogP contribution >= 0.6 is 39.5 Å². The van der Waals surface area contributed by atoms with E-state index >= 15 is 0 Å². The zero-order valence-corrected chi connectivity index (χ0v) is 16.1. The fourth-order valence-electron chi connectivity index (χ4n) is 2.93. The summed E-state index contributed by atoms with van der Waals surface area (Å²) >= 11 is 9.38. The first-order valence-electron chi connectivity index (χ1n) is 7.34. The Morgan fingerprint density at radius 2 is 1.92 bits per heavy atom. The summed E-state index contributed by atoms with van der Waals surface area (Å²) in [5, 5.41) is 17.8. The lowest BCUT2D eigenvalue weighted by atomic mass is 9.78. The van der Waals surface area contributed by atoms with E-state index in [0.717, 1.165) is 15.8 Å². The molecule has 0 unspecified atom stereocenters. The number of benzene rings is 1. The van der Waals surface area contributed by atoms with Crippen LogP contribution in [0.15, 0.2) is 46.3 Å². The van der Waals surface area contributed by atoms with E-state index in [0.29, 0.717) is 5.56 Å². The molecule has 1 aromatic heterocycles. The molecule has 1 aliphatic rings. The number of carbonyl (C=O) groups excluding carboxylic acids is 1. The molecule has 0 aliphatic carbocycles. The zero-order valence-electron chi connectivity index (χ0n) is 12.9. The minimum absolute atomic E-state index is 0.0416. The van der Waals surface area contributed by atoms with Gasteiger partial charge in [-0.3, -0.25) is 4.79 Å². The van der Waals surface area contributed by atoms with Gasteiger partial charge in [-0.25, -0.2) is 0 Å². The number of carbonyl (C=O) groups is 1. The van der Waals surface area contributed by atoms with Gasteiger partial charge in [0.05, 0.1) is 10.9 Å². The second-order valence-electron chi connectivity index (χ2n) is 5.71. The highest BCUT2D eigenvalue weighted by molar-refractivity contribution is 9.10. The summed E-state index contributed by atoms with van der Waals surface area (Å²) in [4.78, 5) is 12.4. The fraction of sp³-hybridized carbons (Fsp3) is 0.250. The fourth-order valence-corrected chi connectivity index (χ4v) is 4.29. The summed E-state index contributed by atoms with van der Waals surface area (Å²) in [6, 6.07) is 8.30. The van der Waals surface area contributed by atoms with Gasteiger partial charge >= 0.3 is 6.18 Å². The molecule has 2 heterocycles. The summed E-state index contributed by atoms with van der Waals surface area (Å²) in [5.41, 5.74) is -1.88. The molecule has 0 radical (unpaired) electrons. The number of Topliss-reactive ketones (excluding diaryl/α,β-unsaturated/α-hetero) is 1. The number of thiocarbonyl (C=S) groups is 1. The molecule has 0 saturated carbocycles. The van der Waals surface area contributed by atoms with E-state index in [-0.39, 0.29) is 9.99 Å². The highest BCUT2D eigenvalue weighted by Crippen LogP contribution is 2.44. The highest BCUT2D eigenvalue weighted by Gasteiger charge is 2.59. The van der Waals surface area contributed by atoms with Crippen molar-refractivity contribution in [1.82, 2.24) is 10.6 Å². The van der Waals surface area contributed by atoms with E-state index in [1.54, 1.807) is 35.7 Å². The molecule has 1 aliphatic heterocycles. The standard InChI is InChI=1S/C16H12BrF3N2O2S2/c17-9-5-3-8(4-6-9)12-11(13(23)16(18,19)20)15(24,22-14(25)21-12)10-2-1-7-26-10/h1-7,11-12,24H,(H2,21,22,25)/t11-,12-,15+/m0/s1.